The van der Waals surface area contributed by atoms with Crippen LogP contribution in [0, 0.1) is 0 Å². The lowest BCUT2D eigenvalue weighted by Gasteiger charge is -2.31. The molecule has 27 heavy (non-hydrogen) atoms. The van der Waals surface area contributed by atoms with Crippen molar-refractivity contribution < 1.29 is 4.79 Å². The summed E-state index contributed by atoms with van der Waals surface area (Å²) >= 11 is 12.8. The molecule has 2 unspecified atom stereocenters. The highest BCUT2D eigenvalue weighted by atomic mass is 35.5. The highest BCUT2D eigenvalue weighted by Crippen LogP contribution is 2.35. The number of anilines is 1. The van der Waals surface area contributed by atoms with E-state index in [-0.39, 0.29) is 18.1 Å². The van der Waals surface area contributed by atoms with Crippen molar-refractivity contribution in [3.63, 3.8) is 0 Å². The summed E-state index contributed by atoms with van der Waals surface area (Å²) in [5.74, 6) is 0. The second kappa shape index (κ2) is 8.85. The van der Waals surface area contributed by atoms with Crippen molar-refractivity contribution in [2.24, 2.45) is 0 Å². The molecule has 0 spiro atoms. The van der Waals surface area contributed by atoms with Crippen molar-refractivity contribution in [3.05, 3.63) is 64.8 Å². The summed E-state index contributed by atoms with van der Waals surface area (Å²) in [6.45, 7) is 7.18. The van der Waals surface area contributed by atoms with E-state index in [4.69, 9.17) is 23.2 Å². The van der Waals surface area contributed by atoms with Gasteiger partial charge in [0.25, 0.3) is 0 Å². The summed E-state index contributed by atoms with van der Waals surface area (Å²) in [6.07, 6.45) is 6.36. The van der Waals surface area contributed by atoms with Crippen molar-refractivity contribution in [1.82, 2.24) is 9.80 Å². The molecule has 6 heteroatoms. The number of hydrogen-bond donors (Lipinski definition) is 1. The van der Waals surface area contributed by atoms with Crippen LogP contribution >= 0.6 is 23.2 Å². The highest BCUT2D eigenvalue weighted by Gasteiger charge is 2.41. The van der Waals surface area contributed by atoms with Crippen LogP contribution in [0.1, 0.15) is 26.2 Å². The number of nitrogens with one attached hydrogen (secondary N) is 1. The van der Waals surface area contributed by atoms with Gasteiger partial charge in [0, 0.05) is 24.8 Å². The monoisotopic (exact) mass is 405 g/mol. The van der Waals surface area contributed by atoms with Crippen LogP contribution in [-0.4, -0.2) is 41.0 Å². The highest BCUT2D eigenvalue weighted by molar-refractivity contribution is 6.36. The van der Waals surface area contributed by atoms with Gasteiger partial charge in [-0.15, -0.1) is 0 Å². The Kier molecular flexibility index (Phi) is 6.51. The molecule has 3 rings (SSSR count). The van der Waals surface area contributed by atoms with E-state index in [1.165, 1.54) is 0 Å². The Balaban J connectivity index is 1.80. The molecule has 144 valence electrons. The molecule has 1 aromatic carbocycles. The zero-order valence-electron chi connectivity index (χ0n) is 15.5. The lowest BCUT2D eigenvalue weighted by molar-refractivity contribution is 0.186. The first-order valence-corrected chi connectivity index (χ1v) is 10.0. The first-order chi connectivity index (χ1) is 13.0. The second-order valence-corrected chi connectivity index (χ2v) is 7.67. The van der Waals surface area contributed by atoms with Crippen LogP contribution < -0.4 is 5.32 Å². The third-order valence-corrected chi connectivity index (χ3v) is 5.97. The van der Waals surface area contributed by atoms with Gasteiger partial charge in [-0.25, -0.2) is 4.79 Å². The summed E-state index contributed by atoms with van der Waals surface area (Å²) in [7, 11) is 0. The number of urea groups is 1. The molecule has 2 heterocycles. The van der Waals surface area contributed by atoms with E-state index in [0.717, 1.165) is 37.2 Å². The molecule has 2 fully saturated rings. The van der Waals surface area contributed by atoms with Gasteiger partial charge in [-0.2, -0.15) is 0 Å². The standard InChI is InChI=1S/C21H25Cl2N3O/c1-3-18(22)20(19(23)4-2)25-13-12-16-10-11-17(14-25)26(16)21(27)24-15-8-6-5-7-9-15/h3-9,16-17H,1,10-14H2,2H3,(H,24,27)/b19-4+,20-18-. The van der Waals surface area contributed by atoms with Gasteiger partial charge in [0.2, 0.25) is 0 Å². The fourth-order valence-electron chi connectivity index (χ4n) is 3.97. The molecule has 0 aliphatic carbocycles. The molecule has 2 amide bonds. The number of carbonyl (C=O) groups excluding carboxylic acids is 1. The molecular formula is C21H25Cl2N3O. The van der Waals surface area contributed by atoms with Gasteiger partial charge >= 0.3 is 6.03 Å². The second-order valence-electron chi connectivity index (χ2n) is 6.86. The van der Waals surface area contributed by atoms with E-state index < -0.39 is 0 Å². The Morgan fingerprint density at radius 2 is 1.89 bits per heavy atom. The Morgan fingerprint density at radius 3 is 2.56 bits per heavy atom. The Labute approximate surface area is 171 Å². The quantitative estimate of drug-likeness (QED) is 0.667. The number of benzene rings is 1. The molecule has 2 bridgehead atoms. The van der Waals surface area contributed by atoms with E-state index in [9.17, 15) is 4.79 Å². The third-order valence-electron chi connectivity index (χ3n) is 5.24. The lowest BCUT2D eigenvalue weighted by Crippen LogP contribution is -2.45. The third kappa shape index (κ3) is 4.33. The maximum absolute atomic E-state index is 12.9. The van der Waals surface area contributed by atoms with Crippen LogP contribution in [0.5, 0.6) is 0 Å². The van der Waals surface area contributed by atoms with Gasteiger partial charge in [-0.05, 0) is 44.4 Å². The topological polar surface area (TPSA) is 35.6 Å². The molecule has 1 N–H and O–H groups in total. The van der Waals surface area contributed by atoms with Gasteiger partial charge in [0.05, 0.1) is 21.8 Å². The van der Waals surface area contributed by atoms with Crippen LogP contribution in [-0.2, 0) is 0 Å². The van der Waals surface area contributed by atoms with Crippen molar-refractivity contribution in [3.8, 4) is 0 Å². The fourth-order valence-corrected chi connectivity index (χ4v) is 4.46. The summed E-state index contributed by atoms with van der Waals surface area (Å²) in [5, 5.41) is 4.18. The van der Waals surface area contributed by atoms with Crippen LogP contribution in [0.2, 0.25) is 0 Å². The first-order valence-electron chi connectivity index (χ1n) is 9.28. The van der Waals surface area contributed by atoms with Crippen molar-refractivity contribution in [1.29, 1.82) is 0 Å². The van der Waals surface area contributed by atoms with E-state index in [2.05, 4.69) is 16.8 Å². The largest absolute Gasteiger partial charge is 0.367 e. The van der Waals surface area contributed by atoms with Gasteiger partial charge < -0.3 is 15.1 Å². The lowest BCUT2D eigenvalue weighted by atomic mass is 10.1. The minimum absolute atomic E-state index is 0.0342. The molecule has 4 nitrogen and oxygen atoms in total. The number of para-hydroxylation sites is 1. The minimum Gasteiger partial charge on any atom is -0.367 e. The maximum atomic E-state index is 12.9. The zero-order chi connectivity index (χ0) is 19.4. The van der Waals surface area contributed by atoms with E-state index in [1.807, 2.05) is 48.2 Å². The molecule has 0 saturated carbocycles. The number of amides is 2. The molecule has 2 aliphatic heterocycles. The maximum Gasteiger partial charge on any atom is 0.322 e. The molecule has 2 atom stereocenters. The van der Waals surface area contributed by atoms with Gasteiger partial charge in [0.1, 0.15) is 0 Å². The van der Waals surface area contributed by atoms with Crippen molar-refractivity contribution in [2.45, 2.75) is 38.3 Å². The zero-order valence-corrected chi connectivity index (χ0v) is 17.0. The van der Waals surface area contributed by atoms with Gasteiger partial charge in [-0.1, -0.05) is 54.1 Å². The Morgan fingerprint density at radius 1 is 1.19 bits per heavy atom. The average molecular weight is 406 g/mol. The molecular weight excluding hydrogens is 381 g/mol. The van der Waals surface area contributed by atoms with Gasteiger partial charge in [0.15, 0.2) is 0 Å². The number of hydrogen-bond acceptors (Lipinski definition) is 2. The van der Waals surface area contributed by atoms with Crippen LogP contribution in [0.3, 0.4) is 0 Å². The van der Waals surface area contributed by atoms with E-state index in [1.54, 1.807) is 6.08 Å². The van der Waals surface area contributed by atoms with Crippen molar-refractivity contribution in [2.75, 3.05) is 18.4 Å². The molecule has 0 aromatic heterocycles. The molecule has 0 radical (unpaired) electrons. The van der Waals surface area contributed by atoms with Crippen LogP contribution in [0.25, 0.3) is 0 Å². The first kappa shape index (κ1) is 19.8. The molecule has 1 aromatic rings. The van der Waals surface area contributed by atoms with Gasteiger partial charge in [-0.3, -0.25) is 0 Å². The number of fused-ring (bicyclic) bond motifs is 2. The van der Waals surface area contributed by atoms with Crippen LogP contribution in [0.15, 0.2) is 64.8 Å². The smallest absolute Gasteiger partial charge is 0.322 e. The SMILES string of the molecule is C=C/C(Cl)=C(\C(Cl)=C/C)N1CCC2CCC(C1)N2C(=O)Nc1ccccc1. The summed E-state index contributed by atoms with van der Waals surface area (Å²) in [5.41, 5.74) is 1.61. The van der Waals surface area contributed by atoms with E-state index >= 15 is 0 Å². The Bertz CT molecular complexity index is 760. The van der Waals surface area contributed by atoms with Crippen LogP contribution in [0.4, 0.5) is 10.5 Å². The fraction of sp³-hybridized carbons (Fsp3) is 0.381. The predicted octanol–water partition coefficient (Wildman–Crippen LogP) is 5.54. The number of allylic oxidation sites excluding steroid dienone is 4. The summed E-state index contributed by atoms with van der Waals surface area (Å²) in [6, 6.07) is 9.91. The average Bonchev–Trinajstić information content (AvgIpc) is 2.98. The number of likely N-dealkylation sites (tertiary alicyclic amines) is 1. The summed E-state index contributed by atoms with van der Waals surface area (Å²) < 4.78 is 0. The predicted molar refractivity (Wildman–Crippen MR) is 113 cm³/mol. The summed E-state index contributed by atoms with van der Waals surface area (Å²) in [4.78, 5) is 17.1. The normalized spacial score (nSPS) is 23.6. The minimum atomic E-state index is -0.0342. The number of halogens is 2. The number of rotatable bonds is 4. The van der Waals surface area contributed by atoms with E-state index in [0.29, 0.717) is 16.6 Å². The Hall–Kier alpha value is -1.91. The van der Waals surface area contributed by atoms with Crippen molar-refractivity contribution >= 4 is 34.9 Å². The molecule has 2 saturated heterocycles. The number of carbonyl (C=O) groups is 1. The number of nitrogens with zero attached hydrogens (tertiary/aromatic N) is 2. The molecule has 2 aliphatic rings.